The highest BCUT2D eigenvalue weighted by Gasteiger charge is 2.22. The average molecular weight is 488 g/mol. The fraction of sp³-hybridized carbons (Fsp3) is 0.217. The van der Waals surface area contributed by atoms with Crippen LogP contribution >= 0.6 is 11.6 Å². The monoisotopic (exact) mass is 487 g/mol. The molecule has 0 bridgehead atoms. The summed E-state index contributed by atoms with van der Waals surface area (Å²) in [6.45, 7) is 3.46. The molecule has 0 aliphatic rings. The van der Waals surface area contributed by atoms with Crippen molar-refractivity contribution in [3.05, 3.63) is 75.8 Å². The molecule has 0 N–H and O–H groups in total. The highest BCUT2D eigenvalue weighted by molar-refractivity contribution is 7.88. The van der Waals surface area contributed by atoms with E-state index >= 15 is 0 Å². The van der Waals surface area contributed by atoms with Gasteiger partial charge in [-0.2, -0.15) is 5.26 Å². The molecule has 0 spiro atoms. The first-order chi connectivity index (χ1) is 15.5. The van der Waals surface area contributed by atoms with Crippen molar-refractivity contribution in [2.75, 3.05) is 14.1 Å². The van der Waals surface area contributed by atoms with Gasteiger partial charge in [0.1, 0.15) is 24.0 Å². The number of hydrogen-bond donors (Lipinski definition) is 0. The van der Waals surface area contributed by atoms with Crippen molar-refractivity contribution in [3.8, 4) is 11.8 Å². The van der Waals surface area contributed by atoms with E-state index in [-0.39, 0.29) is 23.0 Å². The van der Waals surface area contributed by atoms with Gasteiger partial charge in [0.25, 0.3) is 10.0 Å². The highest BCUT2D eigenvalue weighted by Crippen LogP contribution is 2.25. The van der Waals surface area contributed by atoms with Gasteiger partial charge in [-0.15, -0.1) is 0 Å². The van der Waals surface area contributed by atoms with E-state index in [2.05, 4.69) is 0 Å². The number of hydrogen-bond acceptors (Lipinski definition) is 6. The summed E-state index contributed by atoms with van der Waals surface area (Å²) in [6, 6.07) is 13.7. The Labute approximate surface area is 197 Å². The van der Waals surface area contributed by atoms with Gasteiger partial charge in [0.2, 0.25) is 5.09 Å². The molecule has 0 aliphatic heterocycles. The fourth-order valence-corrected chi connectivity index (χ4v) is 4.20. The Morgan fingerprint density at radius 2 is 1.97 bits per heavy atom. The van der Waals surface area contributed by atoms with Gasteiger partial charge in [-0.3, -0.25) is 0 Å². The van der Waals surface area contributed by atoms with Gasteiger partial charge in [0.05, 0.1) is 0 Å². The van der Waals surface area contributed by atoms with Crippen molar-refractivity contribution in [3.63, 3.8) is 0 Å². The minimum absolute atomic E-state index is 0.139. The maximum atomic E-state index is 12.5. The number of aryl methyl sites for hydroxylation is 1. The second kappa shape index (κ2) is 9.67. The van der Waals surface area contributed by atoms with Crippen LogP contribution in [0.3, 0.4) is 0 Å². The lowest BCUT2D eigenvalue weighted by molar-refractivity contribution is -0.140. The van der Waals surface area contributed by atoms with Crippen LogP contribution in [-0.4, -0.2) is 37.4 Å². The van der Waals surface area contributed by atoms with E-state index in [9.17, 15) is 18.5 Å². The molecule has 8 nitrogen and oxygen atoms in total. The van der Waals surface area contributed by atoms with Crippen LogP contribution in [0.4, 0.5) is 0 Å². The van der Waals surface area contributed by atoms with Crippen LogP contribution in [0.25, 0.3) is 11.8 Å². The zero-order chi connectivity index (χ0) is 24.3. The molecular weight excluding hydrogens is 466 g/mol. The second-order valence-electron chi connectivity index (χ2n) is 7.40. The van der Waals surface area contributed by atoms with Crippen LogP contribution in [0.1, 0.15) is 22.7 Å². The van der Waals surface area contributed by atoms with E-state index in [0.717, 1.165) is 21.4 Å². The smallest absolute Gasteiger partial charge is 0.349 e. The average Bonchev–Trinajstić information content (AvgIpc) is 3.34. The maximum Gasteiger partial charge on any atom is 0.349 e. The summed E-state index contributed by atoms with van der Waals surface area (Å²) in [7, 11) is -0.977. The quantitative estimate of drug-likeness (QED) is 0.280. The summed E-state index contributed by atoms with van der Waals surface area (Å²) in [6.07, 6.45) is 1.45. The second-order valence-corrected chi connectivity index (χ2v) is 9.92. The third-order valence-corrected chi connectivity index (χ3v) is 6.82. The topological polar surface area (TPSA) is 106 Å². The Bertz CT molecular complexity index is 1380. The van der Waals surface area contributed by atoms with Crippen LogP contribution < -0.4 is 0 Å². The molecule has 2 heterocycles. The van der Waals surface area contributed by atoms with Crippen LogP contribution in [0.2, 0.25) is 5.02 Å². The molecule has 0 fully saturated rings. The summed E-state index contributed by atoms with van der Waals surface area (Å²) in [5.74, 6) is -0.710. The van der Waals surface area contributed by atoms with Crippen molar-refractivity contribution in [2.45, 2.75) is 25.5 Å². The van der Waals surface area contributed by atoms with Crippen LogP contribution in [-0.2, 0) is 26.2 Å². The maximum absolute atomic E-state index is 12.5. The van der Waals surface area contributed by atoms with Crippen molar-refractivity contribution in [1.82, 2.24) is 8.87 Å². The van der Waals surface area contributed by atoms with Crippen molar-refractivity contribution >= 4 is 33.7 Å². The van der Waals surface area contributed by atoms with Gasteiger partial charge in [-0.25, -0.2) is 17.5 Å². The molecule has 0 atom stereocenters. The van der Waals surface area contributed by atoms with E-state index < -0.39 is 16.0 Å². The number of rotatable bonds is 7. The molecule has 2 aromatic heterocycles. The summed E-state index contributed by atoms with van der Waals surface area (Å²) in [4.78, 5) is 12.5. The molecule has 0 saturated carbocycles. The van der Waals surface area contributed by atoms with Gasteiger partial charge >= 0.3 is 5.97 Å². The van der Waals surface area contributed by atoms with Gasteiger partial charge in [0, 0.05) is 36.2 Å². The first-order valence-electron chi connectivity index (χ1n) is 9.79. The molecule has 33 heavy (non-hydrogen) atoms. The number of halogens is 1. The number of ether oxygens (including phenoxy) is 1. The van der Waals surface area contributed by atoms with Crippen molar-refractivity contribution in [1.29, 1.82) is 5.26 Å². The number of furan rings is 1. The number of carbonyl (C=O) groups is 1. The lowest BCUT2D eigenvalue weighted by Crippen LogP contribution is -2.21. The Morgan fingerprint density at radius 3 is 2.61 bits per heavy atom. The summed E-state index contributed by atoms with van der Waals surface area (Å²) in [5, 5.41) is 9.83. The molecule has 3 aromatic rings. The molecule has 0 amide bonds. The highest BCUT2D eigenvalue weighted by atomic mass is 35.5. The van der Waals surface area contributed by atoms with E-state index in [4.69, 9.17) is 20.8 Å². The Morgan fingerprint density at radius 1 is 1.24 bits per heavy atom. The molecule has 0 radical (unpaired) electrons. The number of nitriles is 1. The molecule has 0 unspecified atom stereocenters. The van der Waals surface area contributed by atoms with E-state index in [1.807, 2.05) is 48.7 Å². The van der Waals surface area contributed by atoms with E-state index in [1.54, 1.807) is 6.07 Å². The molecule has 0 aliphatic carbocycles. The molecule has 0 saturated heterocycles. The number of nitrogens with zero attached hydrogens (tertiary/aromatic N) is 3. The fourth-order valence-electron chi connectivity index (χ4n) is 3.21. The zero-order valence-corrected chi connectivity index (χ0v) is 20.1. The van der Waals surface area contributed by atoms with Crippen LogP contribution in [0, 0.1) is 25.2 Å². The van der Waals surface area contributed by atoms with Crippen molar-refractivity contribution in [2.24, 2.45) is 0 Å². The standard InChI is InChI=1S/C23H22ClN3O5S/c1-15-10-17(16(2)27(15)20-7-5-6-19(24)12-20)11-18(13-25)23(28)31-14-21-8-9-22(32-21)33(29,30)26(3)4/h5-12H,14H2,1-4H3/b18-11-. The Hall–Kier alpha value is -3.32. The van der Waals surface area contributed by atoms with Gasteiger partial charge < -0.3 is 13.7 Å². The van der Waals surface area contributed by atoms with E-state index in [1.165, 1.54) is 32.3 Å². The predicted molar refractivity (Wildman–Crippen MR) is 123 cm³/mol. The predicted octanol–water partition coefficient (Wildman–Crippen LogP) is 4.24. The molecule has 3 rings (SSSR count). The first kappa shape index (κ1) is 24.3. The first-order valence-corrected chi connectivity index (χ1v) is 11.6. The number of aromatic nitrogens is 1. The lowest BCUT2D eigenvalue weighted by Gasteiger charge is -2.10. The summed E-state index contributed by atoms with van der Waals surface area (Å²) >= 11 is 6.11. The van der Waals surface area contributed by atoms with E-state index in [0.29, 0.717) is 10.6 Å². The molecular formula is C23H22ClN3O5S. The molecule has 10 heteroatoms. The number of esters is 1. The number of benzene rings is 1. The third-order valence-electron chi connectivity index (χ3n) is 4.89. The van der Waals surface area contributed by atoms with Gasteiger partial charge in [-0.1, -0.05) is 17.7 Å². The normalized spacial score (nSPS) is 12.1. The number of sulfonamides is 1. The molecule has 172 valence electrons. The Kier molecular flexibility index (Phi) is 7.12. The van der Waals surface area contributed by atoms with Crippen molar-refractivity contribution < 1.29 is 22.4 Å². The van der Waals surface area contributed by atoms with Crippen LogP contribution in [0.15, 0.2) is 57.5 Å². The minimum atomic E-state index is -3.74. The minimum Gasteiger partial charge on any atom is -0.453 e. The number of carbonyl (C=O) groups excluding carboxylic acids is 1. The lowest BCUT2D eigenvalue weighted by atomic mass is 10.1. The summed E-state index contributed by atoms with van der Waals surface area (Å²) < 4.78 is 37.6. The molecule has 1 aromatic carbocycles. The third kappa shape index (κ3) is 5.20. The Balaban J connectivity index is 1.79. The zero-order valence-electron chi connectivity index (χ0n) is 18.5. The van der Waals surface area contributed by atoms with Gasteiger partial charge in [0.15, 0.2) is 0 Å². The largest absolute Gasteiger partial charge is 0.453 e. The van der Waals surface area contributed by atoms with Gasteiger partial charge in [-0.05, 0) is 61.9 Å². The SMILES string of the molecule is Cc1cc(/C=C(/C#N)C(=O)OCc2ccc(S(=O)(=O)N(C)C)o2)c(C)n1-c1cccc(Cl)c1. The summed E-state index contributed by atoms with van der Waals surface area (Å²) in [5.41, 5.74) is 3.06. The van der Waals surface area contributed by atoms with Crippen LogP contribution in [0.5, 0.6) is 0 Å².